The van der Waals surface area contributed by atoms with Crippen LogP contribution in [-0.2, 0) is 9.53 Å². The molecule has 1 rings (SSSR count). The van der Waals surface area contributed by atoms with Crippen LogP contribution in [0.3, 0.4) is 0 Å². The number of carbonyl (C=O) groups is 1. The van der Waals surface area contributed by atoms with Crippen molar-refractivity contribution >= 4 is 5.97 Å². The fraction of sp³-hybridized carbons (Fsp3) is 0.767. The fourth-order valence-electron chi connectivity index (χ4n) is 4.93. The third-order valence-electron chi connectivity index (χ3n) is 9.20. The lowest BCUT2D eigenvalue weighted by Gasteiger charge is -2.47. The largest absolute Gasteiger partial charge is 0.471 e. The van der Waals surface area contributed by atoms with Gasteiger partial charge in [0.15, 0.2) is 0 Å². The lowest BCUT2D eigenvalue weighted by atomic mass is 9.57. The van der Waals surface area contributed by atoms with Crippen LogP contribution in [0.4, 0.5) is 57.1 Å². The molecule has 1 aromatic carbocycles. The van der Waals surface area contributed by atoms with E-state index in [1.807, 2.05) is 48.5 Å². The zero-order valence-electron chi connectivity index (χ0n) is 26.6. The SMILES string of the molecule is CCC(C)(C)CC(C)(C(=O)OCC(C)c1ccc(OC(F)(F)C(F)(F)C(F)(F)C(F)(F)C(F)(F)C(F)(F)F)cc1)C(C)(CC)CC. The molecule has 3 nitrogen and oxygen atoms in total. The van der Waals surface area contributed by atoms with Crippen molar-refractivity contribution in [3.05, 3.63) is 29.8 Å². The van der Waals surface area contributed by atoms with Gasteiger partial charge >= 0.3 is 41.9 Å². The molecular formula is C30H39F13O3. The van der Waals surface area contributed by atoms with E-state index < -0.39 is 64.4 Å². The Hall–Kier alpha value is -2.42. The van der Waals surface area contributed by atoms with Crippen LogP contribution in [0.25, 0.3) is 0 Å². The molecule has 0 fully saturated rings. The van der Waals surface area contributed by atoms with Crippen molar-refractivity contribution in [1.82, 2.24) is 0 Å². The van der Waals surface area contributed by atoms with Crippen molar-refractivity contribution < 1.29 is 71.3 Å². The number of carbonyl (C=O) groups excluding carboxylic acids is 1. The molecule has 0 aliphatic heterocycles. The molecule has 16 heteroatoms. The van der Waals surface area contributed by atoms with E-state index in [0.29, 0.717) is 31.4 Å². The highest BCUT2D eigenvalue weighted by Gasteiger charge is 2.91. The molecule has 2 atom stereocenters. The lowest BCUT2D eigenvalue weighted by molar-refractivity contribution is -0.456. The standard InChI is InChI=1S/C30H39F13O3/c1-9-22(5,6)17-24(8,23(7,10-2)11-3)21(44)45-16-18(4)19-12-14-20(15-13-19)46-30(42,43)28(37,38)26(33,34)25(31,32)27(35,36)29(39,40)41/h12-15,18H,9-11,16-17H2,1-8H3. The monoisotopic (exact) mass is 694 g/mol. The van der Waals surface area contributed by atoms with Gasteiger partial charge in [-0.1, -0.05) is 67.0 Å². The van der Waals surface area contributed by atoms with E-state index in [2.05, 4.69) is 4.74 Å². The average Bonchev–Trinajstić information content (AvgIpc) is 2.93. The van der Waals surface area contributed by atoms with Crippen LogP contribution in [0.2, 0.25) is 0 Å². The first kappa shape index (κ1) is 41.6. The third kappa shape index (κ3) is 7.34. The molecule has 46 heavy (non-hydrogen) atoms. The molecule has 0 aliphatic rings. The first-order valence-corrected chi connectivity index (χ1v) is 14.3. The Bertz CT molecular complexity index is 1170. The van der Waals surface area contributed by atoms with E-state index in [0.717, 1.165) is 18.6 Å². The van der Waals surface area contributed by atoms with Crippen molar-refractivity contribution in [2.75, 3.05) is 6.61 Å². The molecule has 0 N–H and O–H groups in total. The van der Waals surface area contributed by atoms with Crippen molar-refractivity contribution in [2.45, 2.75) is 123 Å². The summed E-state index contributed by atoms with van der Waals surface area (Å²) in [5.74, 6) is -33.9. The maximum absolute atomic E-state index is 14.1. The van der Waals surface area contributed by atoms with E-state index >= 15 is 0 Å². The van der Waals surface area contributed by atoms with Crippen LogP contribution in [0.5, 0.6) is 5.75 Å². The Morgan fingerprint density at radius 1 is 0.674 bits per heavy atom. The summed E-state index contributed by atoms with van der Waals surface area (Å²) in [6.07, 6.45) is -11.6. The van der Waals surface area contributed by atoms with Crippen molar-refractivity contribution in [2.24, 2.45) is 16.2 Å². The van der Waals surface area contributed by atoms with Gasteiger partial charge in [-0.15, -0.1) is 0 Å². The van der Waals surface area contributed by atoms with Crippen LogP contribution in [-0.4, -0.2) is 48.6 Å². The zero-order valence-corrected chi connectivity index (χ0v) is 26.6. The summed E-state index contributed by atoms with van der Waals surface area (Å²) in [4.78, 5) is 13.5. The van der Waals surface area contributed by atoms with Crippen LogP contribution in [0.1, 0.15) is 92.6 Å². The fourth-order valence-corrected chi connectivity index (χ4v) is 4.93. The molecule has 0 aliphatic carbocycles. The van der Waals surface area contributed by atoms with Gasteiger partial charge in [0, 0.05) is 5.92 Å². The van der Waals surface area contributed by atoms with Gasteiger partial charge in [-0.05, 0) is 54.7 Å². The van der Waals surface area contributed by atoms with Gasteiger partial charge in [0.05, 0.1) is 12.0 Å². The normalized spacial score (nSPS) is 16.5. The van der Waals surface area contributed by atoms with Gasteiger partial charge in [-0.3, -0.25) is 4.79 Å². The third-order valence-corrected chi connectivity index (χ3v) is 9.20. The molecule has 0 aromatic heterocycles. The molecular weight excluding hydrogens is 655 g/mol. The van der Waals surface area contributed by atoms with E-state index in [4.69, 9.17) is 4.74 Å². The van der Waals surface area contributed by atoms with Crippen LogP contribution < -0.4 is 4.74 Å². The average molecular weight is 695 g/mol. The molecule has 0 amide bonds. The second-order valence-electron chi connectivity index (χ2n) is 12.8. The van der Waals surface area contributed by atoms with Crippen molar-refractivity contribution in [3.8, 4) is 5.75 Å². The Morgan fingerprint density at radius 3 is 1.50 bits per heavy atom. The number of hydrogen-bond acceptors (Lipinski definition) is 3. The number of benzene rings is 1. The second kappa shape index (κ2) is 13.2. The van der Waals surface area contributed by atoms with E-state index in [1.165, 1.54) is 6.92 Å². The van der Waals surface area contributed by atoms with Crippen molar-refractivity contribution in [1.29, 1.82) is 0 Å². The van der Waals surface area contributed by atoms with E-state index in [-0.39, 0.29) is 17.6 Å². The van der Waals surface area contributed by atoms with Crippen LogP contribution >= 0.6 is 0 Å². The number of esters is 1. The highest BCUT2D eigenvalue weighted by atomic mass is 19.4. The summed E-state index contributed by atoms with van der Waals surface area (Å²) in [5, 5.41) is 0. The molecule has 0 spiro atoms. The van der Waals surface area contributed by atoms with Gasteiger partial charge in [-0.25, -0.2) is 0 Å². The topological polar surface area (TPSA) is 35.5 Å². The first-order valence-electron chi connectivity index (χ1n) is 14.3. The number of rotatable bonds is 16. The Morgan fingerprint density at radius 2 is 1.11 bits per heavy atom. The highest BCUT2D eigenvalue weighted by Crippen LogP contribution is 2.60. The van der Waals surface area contributed by atoms with E-state index in [1.54, 1.807) is 0 Å². The van der Waals surface area contributed by atoms with Gasteiger partial charge in [-0.2, -0.15) is 57.1 Å². The molecule has 2 unspecified atom stereocenters. The van der Waals surface area contributed by atoms with Gasteiger partial charge < -0.3 is 9.47 Å². The Kier molecular flexibility index (Phi) is 12.0. The summed E-state index contributed by atoms with van der Waals surface area (Å²) in [5.41, 5.74) is -1.37. The van der Waals surface area contributed by atoms with Crippen molar-refractivity contribution in [3.63, 3.8) is 0 Å². The summed E-state index contributed by atoms with van der Waals surface area (Å²) < 4.78 is 183. The first-order chi connectivity index (χ1) is 20.4. The quantitative estimate of drug-likeness (QED) is 0.128. The molecule has 1 aromatic rings. The minimum Gasteiger partial charge on any atom is -0.465 e. The maximum atomic E-state index is 14.1. The summed E-state index contributed by atoms with van der Waals surface area (Å²) in [6, 6.07) is 2.93. The summed E-state index contributed by atoms with van der Waals surface area (Å²) in [6.45, 7) is 15.0. The number of halogens is 13. The minimum atomic E-state index is -8.01. The van der Waals surface area contributed by atoms with Gasteiger partial charge in [0.1, 0.15) is 5.75 Å². The van der Waals surface area contributed by atoms with Gasteiger partial charge in [0.2, 0.25) is 0 Å². The zero-order chi connectivity index (χ0) is 36.6. The molecule has 0 radical (unpaired) electrons. The molecule has 0 bridgehead atoms. The summed E-state index contributed by atoms with van der Waals surface area (Å²) >= 11 is 0. The lowest BCUT2D eigenvalue weighted by Crippen LogP contribution is -2.70. The minimum absolute atomic E-state index is 0.223. The van der Waals surface area contributed by atoms with Crippen LogP contribution in [0.15, 0.2) is 24.3 Å². The predicted octanol–water partition coefficient (Wildman–Crippen LogP) is 11.1. The molecule has 268 valence electrons. The van der Waals surface area contributed by atoms with Gasteiger partial charge in [0.25, 0.3) is 0 Å². The smallest absolute Gasteiger partial charge is 0.465 e. The molecule has 0 saturated heterocycles. The predicted molar refractivity (Wildman–Crippen MR) is 143 cm³/mol. The Labute approximate surface area is 259 Å². The second-order valence-corrected chi connectivity index (χ2v) is 12.8. The number of hydrogen-bond donors (Lipinski definition) is 0. The Balaban J connectivity index is 3.21. The molecule has 0 heterocycles. The number of ether oxygens (including phenoxy) is 2. The highest BCUT2D eigenvalue weighted by molar-refractivity contribution is 5.77. The van der Waals surface area contributed by atoms with E-state index in [9.17, 15) is 61.9 Å². The molecule has 0 saturated carbocycles. The summed E-state index contributed by atoms with van der Waals surface area (Å²) in [7, 11) is 0. The maximum Gasteiger partial charge on any atom is 0.471 e. The number of alkyl halides is 13. The van der Waals surface area contributed by atoms with Crippen LogP contribution in [0, 0.1) is 16.2 Å².